The summed E-state index contributed by atoms with van der Waals surface area (Å²) in [5.74, 6) is -0.0266. The summed E-state index contributed by atoms with van der Waals surface area (Å²) in [6.45, 7) is 5.15. The Bertz CT molecular complexity index is 557. The van der Waals surface area contributed by atoms with E-state index in [-0.39, 0.29) is 18.4 Å². The minimum atomic E-state index is -0.718. The van der Waals surface area contributed by atoms with E-state index in [1.54, 1.807) is 4.90 Å². The minimum absolute atomic E-state index is 0.0840. The average Bonchev–Trinajstić information content (AvgIpc) is 2.86. The number of likely N-dealkylation sites (tertiary alicyclic amines) is 1. The van der Waals surface area contributed by atoms with Gasteiger partial charge in [0, 0.05) is 26.1 Å². The fraction of sp³-hybridized carbons (Fsp3) is 0.529. The Kier molecular flexibility index (Phi) is 5.55. The van der Waals surface area contributed by atoms with Gasteiger partial charge in [-0.2, -0.15) is 0 Å². The smallest absolute Gasteiger partial charge is 0.224 e. The molecule has 2 rings (SSSR count). The van der Waals surface area contributed by atoms with Crippen molar-refractivity contribution in [1.82, 2.24) is 10.2 Å². The summed E-state index contributed by atoms with van der Waals surface area (Å²) in [5, 5.41) is 12.7. The summed E-state index contributed by atoms with van der Waals surface area (Å²) >= 11 is 0. The number of carbonyl (C=O) groups excluding carboxylic acids is 2. The van der Waals surface area contributed by atoms with Crippen LogP contribution in [0.25, 0.3) is 0 Å². The first-order valence-corrected chi connectivity index (χ1v) is 7.74. The fourth-order valence-corrected chi connectivity index (χ4v) is 2.67. The highest BCUT2D eigenvalue weighted by Gasteiger charge is 2.22. The second kappa shape index (κ2) is 7.40. The van der Waals surface area contributed by atoms with Crippen molar-refractivity contribution in [3.8, 4) is 0 Å². The van der Waals surface area contributed by atoms with E-state index in [4.69, 9.17) is 0 Å². The average molecular weight is 304 g/mol. The van der Waals surface area contributed by atoms with Crippen molar-refractivity contribution in [2.24, 2.45) is 0 Å². The van der Waals surface area contributed by atoms with E-state index in [1.165, 1.54) is 0 Å². The fourth-order valence-electron chi connectivity index (χ4n) is 2.67. The molecule has 0 radical (unpaired) electrons. The molecule has 2 amide bonds. The van der Waals surface area contributed by atoms with Crippen LogP contribution in [0.15, 0.2) is 18.2 Å². The molecule has 1 saturated heterocycles. The van der Waals surface area contributed by atoms with Gasteiger partial charge in [-0.05, 0) is 31.4 Å². The zero-order chi connectivity index (χ0) is 16.1. The zero-order valence-electron chi connectivity index (χ0n) is 13.3. The van der Waals surface area contributed by atoms with Gasteiger partial charge in [-0.1, -0.05) is 23.8 Å². The molecule has 22 heavy (non-hydrogen) atoms. The molecule has 0 saturated carbocycles. The van der Waals surface area contributed by atoms with Gasteiger partial charge in [-0.25, -0.2) is 0 Å². The monoisotopic (exact) mass is 304 g/mol. The minimum Gasteiger partial charge on any atom is -0.389 e. The SMILES string of the molecule is Cc1ccc(C)c(CC(=O)NC[C@@H](O)CN2CCCC2=O)c1. The molecule has 1 fully saturated rings. The van der Waals surface area contributed by atoms with Crippen LogP contribution >= 0.6 is 0 Å². The molecule has 2 N–H and O–H groups in total. The van der Waals surface area contributed by atoms with E-state index in [0.717, 1.165) is 23.1 Å². The van der Waals surface area contributed by atoms with Gasteiger partial charge in [0.2, 0.25) is 11.8 Å². The highest BCUT2D eigenvalue weighted by atomic mass is 16.3. The maximum absolute atomic E-state index is 12.0. The lowest BCUT2D eigenvalue weighted by molar-refractivity contribution is -0.128. The van der Waals surface area contributed by atoms with Gasteiger partial charge >= 0.3 is 0 Å². The summed E-state index contributed by atoms with van der Waals surface area (Å²) in [6.07, 6.45) is 1.00. The molecule has 5 nitrogen and oxygen atoms in total. The second-order valence-corrected chi connectivity index (χ2v) is 6.01. The van der Waals surface area contributed by atoms with Gasteiger partial charge in [-0.15, -0.1) is 0 Å². The highest BCUT2D eigenvalue weighted by molar-refractivity contribution is 5.79. The number of β-amino-alcohol motifs (C(OH)–C–C–N with tert-alkyl or cyclic N) is 1. The van der Waals surface area contributed by atoms with E-state index in [0.29, 0.717) is 25.9 Å². The van der Waals surface area contributed by atoms with Crippen molar-refractivity contribution in [1.29, 1.82) is 0 Å². The van der Waals surface area contributed by atoms with Crippen LogP contribution in [-0.2, 0) is 16.0 Å². The third kappa shape index (κ3) is 4.56. The van der Waals surface area contributed by atoms with Crippen LogP contribution in [0.4, 0.5) is 0 Å². The van der Waals surface area contributed by atoms with Crippen molar-refractivity contribution in [2.75, 3.05) is 19.6 Å². The maximum Gasteiger partial charge on any atom is 0.224 e. The number of carbonyl (C=O) groups is 2. The number of benzene rings is 1. The summed E-state index contributed by atoms with van der Waals surface area (Å²) in [6, 6.07) is 6.04. The lowest BCUT2D eigenvalue weighted by atomic mass is 10.0. The Labute approximate surface area is 131 Å². The Hall–Kier alpha value is -1.88. The summed E-state index contributed by atoms with van der Waals surface area (Å²) in [5.41, 5.74) is 3.21. The molecule has 120 valence electrons. The van der Waals surface area contributed by atoms with Gasteiger partial charge < -0.3 is 15.3 Å². The molecule has 1 heterocycles. The van der Waals surface area contributed by atoms with Crippen molar-refractivity contribution < 1.29 is 14.7 Å². The van der Waals surface area contributed by atoms with Crippen LogP contribution in [0.3, 0.4) is 0 Å². The van der Waals surface area contributed by atoms with E-state index in [9.17, 15) is 14.7 Å². The number of rotatable bonds is 6. The Morgan fingerprint density at radius 3 is 2.86 bits per heavy atom. The molecule has 1 aromatic carbocycles. The van der Waals surface area contributed by atoms with Crippen molar-refractivity contribution in [2.45, 2.75) is 39.2 Å². The van der Waals surface area contributed by atoms with Crippen LogP contribution < -0.4 is 5.32 Å². The van der Waals surface area contributed by atoms with Crippen molar-refractivity contribution >= 4 is 11.8 Å². The molecule has 0 unspecified atom stereocenters. The molecular weight excluding hydrogens is 280 g/mol. The van der Waals surface area contributed by atoms with E-state index in [2.05, 4.69) is 5.32 Å². The maximum atomic E-state index is 12.0. The topological polar surface area (TPSA) is 69.6 Å². The Morgan fingerprint density at radius 1 is 1.41 bits per heavy atom. The van der Waals surface area contributed by atoms with Crippen molar-refractivity contribution in [3.05, 3.63) is 34.9 Å². The van der Waals surface area contributed by atoms with Crippen molar-refractivity contribution in [3.63, 3.8) is 0 Å². The third-order valence-corrected chi connectivity index (χ3v) is 3.99. The summed E-state index contributed by atoms with van der Waals surface area (Å²) in [4.78, 5) is 25.1. The number of hydrogen-bond donors (Lipinski definition) is 2. The lowest BCUT2D eigenvalue weighted by Crippen LogP contribution is -2.41. The Morgan fingerprint density at radius 2 is 2.18 bits per heavy atom. The van der Waals surface area contributed by atoms with Crippen LogP contribution in [0.1, 0.15) is 29.5 Å². The van der Waals surface area contributed by atoms with Gasteiger partial charge in [-0.3, -0.25) is 9.59 Å². The first-order chi connectivity index (χ1) is 10.5. The standard InChI is InChI=1S/C17H24N2O3/c1-12-5-6-13(2)14(8-12)9-16(21)18-10-15(20)11-19-7-3-4-17(19)22/h5-6,8,15,20H,3-4,7,9-11H2,1-2H3,(H,18,21)/t15-/m1/s1. The summed E-state index contributed by atoms with van der Waals surface area (Å²) in [7, 11) is 0. The molecule has 0 spiro atoms. The number of aryl methyl sites for hydroxylation is 2. The first-order valence-electron chi connectivity index (χ1n) is 7.74. The largest absolute Gasteiger partial charge is 0.389 e. The number of nitrogens with one attached hydrogen (secondary N) is 1. The number of amides is 2. The number of hydrogen-bond acceptors (Lipinski definition) is 3. The molecule has 1 aliphatic rings. The van der Waals surface area contributed by atoms with Gasteiger partial charge in [0.1, 0.15) is 0 Å². The van der Waals surface area contributed by atoms with Gasteiger partial charge in [0.15, 0.2) is 0 Å². The molecular formula is C17H24N2O3. The van der Waals surface area contributed by atoms with E-state index in [1.807, 2.05) is 32.0 Å². The molecule has 0 bridgehead atoms. The molecule has 1 aromatic rings. The first kappa shape index (κ1) is 16.5. The zero-order valence-corrected chi connectivity index (χ0v) is 13.3. The quantitative estimate of drug-likeness (QED) is 0.822. The normalized spacial score (nSPS) is 16.0. The predicted octanol–water partition coefficient (Wildman–Crippen LogP) is 0.945. The number of nitrogens with zero attached hydrogens (tertiary/aromatic N) is 1. The highest BCUT2D eigenvalue weighted by Crippen LogP contribution is 2.12. The number of aliphatic hydroxyl groups excluding tert-OH is 1. The summed E-state index contributed by atoms with van der Waals surface area (Å²) < 4.78 is 0. The third-order valence-electron chi connectivity index (χ3n) is 3.99. The lowest BCUT2D eigenvalue weighted by Gasteiger charge is -2.20. The van der Waals surface area contributed by atoms with Gasteiger partial charge in [0.25, 0.3) is 0 Å². The van der Waals surface area contributed by atoms with E-state index >= 15 is 0 Å². The predicted molar refractivity (Wildman–Crippen MR) is 84.5 cm³/mol. The number of aliphatic hydroxyl groups is 1. The molecule has 1 atom stereocenters. The Balaban J connectivity index is 1.77. The van der Waals surface area contributed by atoms with E-state index < -0.39 is 6.10 Å². The molecule has 1 aliphatic heterocycles. The van der Waals surface area contributed by atoms with Crippen LogP contribution in [0, 0.1) is 13.8 Å². The molecule has 5 heteroatoms. The van der Waals surface area contributed by atoms with Gasteiger partial charge in [0.05, 0.1) is 12.5 Å². The van der Waals surface area contributed by atoms with Crippen LogP contribution in [0.2, 0.25) is 0 Å². The molecule has 0 aromatic heterocycles. The van der Waals surface area contributed by atoms with Crippen LogP contribution in [-0.4, -0.2) is 47.6 Å². The molecule has 0 aliphatic carbocycles. The second-order valence-electron chi connectivity index (χ2n) is 6.01. The van der Waals surface area contributed by atoms with Crippen LogP contribution in [0.5, 0.6) is 0 Å².